The van der Waals surface area contributed by atoms with Gasteiger partial charge >= 0.3 is 11.9 Å². The average Bonchev–Trinajstić information content (AvgIpc) is 2.85. The molecule has 2 aromatic rings. The molecule has 0 radical (unpaired) electrons. The van der Waals surface area contributed by atoms with Crippen LogP contribution in [-0.2, 0) is 16.1 Å². The van der Waals surface area contributed by atoms with Crippen molar-refractivity contribution in [1.29, 1.82) is 0 Å². The number of nitrogens with zero attached hydrogens (tertiary/aromatic N) is 2. The number of aromatic nitrogens is 2. The third-order valence-electron chi connectivity index (χ3n) is 2.99. The molecule has 2 rings (SSSR count). The van der Waals surface area contributed by atoms with Crippen molar-refractivity contribution in [1.82, 2.24) is 9.78 Å². The first kappa shape index (κ1) is 14.7. The topological polar surface area (TPSA) is 81.4 Å². The minimum Gasteiger partial charge on any atom is -0.478 e. The third-order valence-corrected chi connectivity index (χ3v) is 2.99. The molecular formula is C14H13FN2O4. The molecule has 6 nitrogen and oxygen atoms in total. The van der Waals surface area contributed by atoms with E-state index in [0.717, 1.165) is 6.07 Å². The Morgan fingerprint density at radius 2 is 2.10 bits per heavy atom. The van der Waals surface area contributed by atoms with E-state index < -0.39 is 17.8 Å². The Hall–Kier alpha value is -2.70. The van der Waals surface area contributed by atoms with Crippen molar-refractivity contribution in [2.45, 2.75) is 13.5 Å². The molecule has 0 amide bonds. The van der Waals surface area contributed by atoms with Gasteiger partial charge in [0.15, 0.2) is 0 Å². The van der Waals surface area contributed by atoms with Crippen LogP contribution in [-0.4, -0.2) is 33.9 Å². The molecule has 0 unspecified atom stereocenters. The maximum atomic E-state index is 13.8. The van der Waals surface area contributed by atoms with Gasteiger partial charge < -0.3 is 9.84 Å². The highest BCUT2D eigenvalue weighted by Crippen LogP contribution is 2.24. The van der Waals surface area contributed by atoms with Gasteiger partial charge in [-0.05, 0) is 24.1 Å². The van der Waals surface area contributed by atoms with Gasteiger partial charge in [0.25, 0.3) is 0 Å². The van der Waals surface area contributed by atoms with Crippen molar-refractivity contribution < 1.29 is 23.8 Å². The monoisotopic (exact) mass is 292 g/mol. The van der Waals surface area contributed by atoms with Crippen LogP contribution in [0.25, 0.3) is 11.1 Å². The lowest BCUT2D eigenvalue weighted by molar-refractivity contribution is -0.141. The first-order valence-electron chi connectivity index (χ1n) is 6.05. The predicted molar refractivity (Wildman–Crippen MR) is 71.3 cm³/mol. The summed E-state index contributed by atoms with van der Waals surface area (Å²) in [5.74, 6) is -2.57. The molecule has 0 saturated carbocycles. The first-order valence-corrected chi connectivity index (χ1v) is 6.05. The van der Waals surface area contributed by atoms with E-state index in [1.165, 1.54) is 24.9 Å². The van der Waals surface area contributed by atoms with Gasteiger partial charge in [0.1, 0.15) is 12.4 Å². The number of hydrogen-bond acceptors (Lipinski definition) is 4. The second-order valence-electron chi connectivity index (χ2n) is 4.46. The molecular weight excluding hydrogens is 279 g/mol. The summed E-state index contributed by atoms with van der Waals surface area (Å²) in [6.45, 7) is 1.47. The van der Waals surface area contributed by atoms with Gasteiger partial charge in [-0.3, -0.25) is 9.48 Å². The van der Waals surface area contributed by atoms with Crippen LogP contribution >= 0.6 is 0 Å². The Labute approximate surface area is 119 Å². The second kappa shape index (κ2) is 5.74. The van der Waals surface area contributed by atoms with Crippen molar-refractivity contribution in [3.63, 3.8) is 0 Å². The van der Waals surface area contributed by atoms with E-state index in [1.54, 1.807) is 12.3 Å². The number of carboxylic acids is 1. The molecule has 1 heterocycles. The highest BCUT2D eigenvalue weighted by atomic mass is 19.1. The van der Waals surface area contributed by atoms with Crippen LogP contribution in [0.1, 0.15) is 15.9 Å². The zero-order valence-electron chi connectivity index (χ0n) is 11.5. The Morgan fingerprint density at radius 3 is 2.67 bits per heavy atom. The molecule has 0 fully saturated rings. The third kappa shape index (κ3) is 3.07. The van der Waals surface area contributed by atoms with Crippen LogP contribution in [0.4, 0.5) is 4.39 Å². The smallest absolute Gasteiger partial charge is 0.338 e. The number of ether oxygens (including phenoxy) is 1. The molecule has 0 aliphatic carbocycles. The molecule has 21 heavy (non-hydrogen) atoms. The number of carboxylic acid groups (broad SMARTS) is 1. The van der Waals surface area contributed by atoms with Crippen molar-refractivity contribution in [2.75, 3.05) is 7.11 Å². The van der Waals surface area contributed by atoms with Crippen LogP contribution < -0.4 is 0 Å². The fraction of sp³-hybridized carbons (Fsp3) is 0.214. The number of esters is 1. The number of hydrogen-bond donors (Lipinski definition) is 1. The SMILES string of the molecule is COC(=O)Cn1cc(-c2cc(C)c(C(=O)O)c(F)c2)cn1. The summed E-state index contributed by atoms with van der Waals surface area (Å²) in [7, 11) is 1.27. The lowest BCUT2D eigenvalue weighted by Crippen LogP contribution is -2.11. The normalized spacial score (nSPS) is 10.4. The van der Waals surface area contributed by atoms with Crippen molar-refractivity contribution in [2.24, 2.45) is 0 Å². The molecule has 1 aromatic heterocycles. The lowest BCUT2D eigenvalue weighted by Gasteiger charge is -2.05. The van der Waals surface area contributed by atoms with Gasteiger partial charge in [-0.15, -0.1) is 0 Å². The van der Waals surface area contributed by atoms with Gasteiger partial charge in [0.05, 0.1) is 18.9 Å². The Bertz CT molecular complexity index is 686. The lowest BCUT2D eigenvalue weighted by atomic mass is 10.0. The van der Waals surface area contributed by atoms with E-state index in [2.05, 4.69) is 9.84 Å². The number of halogens is 1. The van der Waals surface area contributed by atoms with Crippen molar-refractivity contribution in [3.05, 3.63) is 41.5 Å². The standard InChI is InChI=1S/C14H13FN2O4/c1-8-3-9(4-11(15)13(8)14(19)20)10-5-16-17(6-10)7-12(18)21-2/h3-6H,7H2,1-2H3,(H,19,20). The van der Waals surface area contributed by atoms with Crippen LogP contribution in [0, 0.1) is 12.7 Å². The summed E-state index contributed by atoms with van der Waals surface area (Å²) in [5.41, 5.74) is 1.04. The largest absolute Gasteiger partial charge is 0.478 e. The summed E-state index contributed by atoms with van der Waals surface area (Å²) in [4.78, 5) is 22.1. The van der Waals surface area contributed by atoms with Crippen LogP contribution in [0.2, 0.25) is 0 Å². The molecule has 0 aliphatic heterocycles. The molecule has 0 aliphatic rings. The molecule has 1 aromatic carbocycles. The maximum absolute atomic E-state index is 13.8. The highest BCUT2D eigenvalue weighted by Gasteiger charge is 2.16. The number of carbonyl (C=O) groups excluding carboxylic acids is 1. The molecule has 110 valence electrons. The minimum atomic E-state index is -1.31. The Morgan fingerprint density at radius 1 is 1.38 bits per heavy atom. The molecule has 0 bridgehead atoms. The Balaban J connectivity index is 2.35. The van der Waals surface area contributed by atoms with Crippen LogP contribution in [0.5, 0.6) is 0 Å². The number of carbonyl (C=O) groups is 2. The molecule has 1 N–H and O–H groups in total. The highest BCUT2D eigenvalue weighted by molar-refractivity contribution is 5.90. The molecule has 0 spiro atoms. The van der Waals surface area contributed by atoms with Crippen molar-refractivity contribution in [3.8, 4) is 11.1 Å². The van der Waals surface area contributed by atoms with Crippen LogP contribution in [0.3, 0.4) is 0 Å². The second-order valence-corrected chi connectivity index (χ2v) is 4.46. The summed E-state index contributed by atoms with van der Waals surface area (Å²) in [5, 5.41) is 12.9. The number of aryl methyl sites for hydroxylation is 1. The minimum absolute atomic E-state index is 0.0504. The van der Waals surface area contributed by atoms with E-state index in [4.69, 9.17) is 5.11 Å². The van der Waals surface area contributed by atoms with E-state index in [9.17, 15) is 14.0 Å². The van der Waals surface area contributed by atoms with E-state index in [1.807, 2.05) is 0 Å². The number of methoxy groups -OCH3 is 1. The fourth-order valence-electron chi connectivity index (χ4n) is 1.98. The average molecular weight is 292 g/mol. The predicted octanol–water partition coefficient (Wildman–Crippen LogP) is 1.87. The van der Waals surface area contributed by atoms with Gasteiger partial charge in [-0.2, -0.15) is 5.10 Å². The Kier molecular flexibility index (Phi) is 4.02. The quantitative estimate of drug-likeness (QED) is 0.870. The molecule has 0 saturated heterocycles. The summed E-state index contributed by atoms with van der Waals surface area (Å²) in [6.07, 6.45) is 3.03. The first-order chi connectivity index (χ1) is 9.92. The number of rotatable bonds is 4. The zero-order valence-corrected chi connectivity index (χ0v) is 11.5. The summed E-state index contributed by atoms with van der Waals surface area (Å²) >= 11 is 0. The van der Waals surface area contributed by atoms with E-state index >= 15 is 0 Å². The van der Waals surface area contributed by atoms with E-state index in [-0.39, 0.29) is 12.1 Å². The van der Waals surface area contributed by atoms with E-state index in [0.29, 0.717) is 16.7 Å². The van der Waals surface area contributed by atoms with Gasteiger partial charge in [-0.25, -0.2) is 9.18 Å². The zero-order chi connectivity index (χ0) is 15.6. The number of aromatic carboxylic acids is 1. The van der Waals surface area contributed by atoms with Gasteiger partial charge in [0.2, 0.25) is 0 Å². The number of benzene rings is 1. The molecule has 0 atom stereocenters. The van der Waals surface area contributed by atoms with Crippen molar-refractivity contribution >= 4 is 11.9 Å². The summed E-state index contributed by atoms with van der Waals surface area (Å²) < 4.78 is 19.7. The van der Waals surface area contributed by atoms with Gasteiger partial charge in [0, 0.05) is 11.8 Å². The summed E-state index contributed by atoms with van der Waals surface area (Å²) in [6, 6.07) is 2.70. The maximum Gasteiger partial charge on any atom is 0.338 e. The fourth-order valence-corrected chi connectivity index (χ4v) is 1.98. The van der Waals surface area contributed by atoms with Gasteiger partial charge in [-0.1, -0.05) is 6.07 Å². The van der Waals surface area contributed by atoms with Crippen LogP contribution in [0.15, 0.2) is 24.5 Å². The molecule has 7 heteroatoms.